The topological polar surface area (TPSA) is 92.2 Å². The van der Waals surface area contributed by atoms with Crippen molar-refractivity contribution in [3.63, 3.8) is 0 Å². The normalized spacial score (nSPS) is 10.5. The molecule has 3 rings (SSSR count). The van der Waals surface area contributed by atoms with E-state index >= 15 is 0 Å². The van der Waals surface area contributed by atoms with Gasteiger partial charge in [-0.1, -0.05) is 12.1 Å². The molecule has 0 aliphatic heterocycles. The van der Waals surface area contributed by atoms with Crippen LogP contribution < -0.4 is 5.32 Å². The number of halogens is 2. The van der Waals surface area contributed by atoms with Gasteiger partial charge >= 0.3 is 5.97 Å². The predicted octanol–water partition coefficient (Wildman–Crippen LogP) is 3.68. The summed E-state index contributed by atoms with van der Waals surface area (Å²) in [5.74, 6) is -3.95. The summed E-state index contributed by atoms with van der Waals surface area (Å²) in [6.45, 7) is 1.74. The summed E-state index contributed by atoms with van der Waals surface area (Å²) in [6.07, 6.45) is 2.62. The minimum absolute atomic E-state index is 0.0196. The molecule has 3 aromatic rings. The van der Waals surface area contributed by atoms with Crippen LogP contribution in [0.25, 0.3) is 11.3 Å². The number of benzene rings is 2. The van der Waals surface area contributed by atoms with Crippen molar-refractivity contribution in [1.82, 2.24) is 9.97 Å². The fraction of sp³-hybridized carbons (Fsp3) is 0.0526. The van der Waals surface area contributed by atoms with Crippen LogP contribution in [-0.4, -0.2) is 27.0 Å². The number of carbonyl (C=O) groups is 2. The van der Waals surface area contributed by atoms with Gasteiger partial charge in [-0.05, 0) is 36.8 Å². The van der Waals surface area contributed by atoms with Gasteiger partial charge in [0, 0.05) is 5.56 Å². The Hall–Kier alpha value is -3.68. The number of anilines is 1. The number of aryl methyl sites for hydroxylation is 1. The molecule has 0 spiro atoms. The molecule has 136 valence electrons. The molecule has 0 unspecified atom stereocenters. The second kappa shape index (κ2) is 7.28. The Morgan fingerprint density at radius 3 is 2.30 bits per heavy atom. The lowest BCUT2D eigenvalue weighted by atomic mass is 10.0. The number of amides is 1. The van der Waals surface area contributed by atoms with E-state index in [4.69, 9.17) is 5.11 Å². The van der Waals surface area contributed by atoms with E-state index in [9.17, 15) is 18.4 Å². The fourth-order valence-electron chi connectivity index (χ4n) is 2.51. The highest BCUT2D eigenvalue weighted by Gasteiger charge is 2.17. The van der Waals surface area contributed by atoms with E-state index < -0.39 is 29.1 Å². The van der Waals surface area contributed by atoms with Crippen molar-refractivity contribution in [3.05, 3.63) is 77.1 Å². The zero-order valence-electron chi connectivity index (χ0n) is 14.0. The second-order valence-corrected chi connectivity index (χ2v) is 5.67. The maximum Gasteiger partial charge on any atom is 0.335 e. The van der Waals surface area contributed by atoms with Crippen LogP contribution in [0.4, 0.5) is 14.6 Å². The van der Waals surface area contributed by atoms with Crippen LogP contribution in [-0.2, 0) is 0 Å². The van der Waals surface area contributed by atoms with Gasteiger partial charge in [0.1, 0.15) is 17.2 Å². The first kappa shape index (κ1) is 18.1. The molecule has 2 aromatic carbocycles. The van der Waals surface area contributed by atoms with Gasteiger partial charge in [-0.15, -0.1) is 0 Å². The molecule has 0 atom stereocenters. The number of carbonyl (C=O) groups excluding carboxylic acids is 1. The van der Waals surface area contributed by atoms with Gasteiger partial charge < -0.3 is 10.4 Å². The first-order chi connectivity index (χ1) is 12.9. The average molecular weight is 369 g/mol. The van der Waals surface area contributed by atoms with E-state index in [2.05, 4.69) is 15.3 Å². The third-order valence-electron chi connectivity index (χ3n) is 3.83. The van der Waals surface area contributed by atoms with E-state index in [-0.39, 0.29) is 11.4 Å². The third kappa shape index (κ3) is 3.79. The number of carboxylic acids is 1. The largest absolute Gasteiger partial charge is 0.478 e. The molecular formula is C19H13F2N3O3. The van der Waals surface area contributed by atoms with Crippen molar-refractivity contribution in [3.8, 4) is 11.3 Å². The summed E-state index contributed by atoms with van der Waals surface area (Å²) in [4.78, 5) is 31.2. The zero-order chi connectivity index (χ0) is 19.6. The number of nitrogens with zero attached hydrogens (tertiary/aromatic N) is 2. The molecule has 6 nitrogen and oxygen atoms in total. The molecule has 1 amide bonds. The van der Waals surface area contributed by atoms with Crippen molar-refractivity contribution in [2.45, 2.75) is 6.92 Å². The van der Waals surface area contributed by atoms with Crippen LogP contribution in [0.2, 0.25) is 0 Å². The first-order valence-corrected chi connectivity index (χ1v) is 7.78. The lowest BCUT2D eigenvalue weighted by molar-refractivity contribution is 0.0696. The van der Waals surface area contributed by atoms with Crippen molar-refractivity contribution >= 4 is 17.7 Å². The lowest BCUT2D eigenvalue weighted by Gasteiger charge is -2.08. The Kier molecular flexibility index (Phi) is 4.89. The van der Waals surface area contributed by atoms with Gasteiger partial charge in [-0.2, -0.15) is 0 Å². The molecule has 0 aliphatic rings. The van der Waals surface area contributed by atoms with Crippen LogP contribution in [0.3, 0.4) is 0 Å². The first-order valence-electron chi connectivity index (χ1n) is 7.78. The Morgan fingerprint density at radius 2 is 1.74 bits per heavy atom. The van der Waals surface area contributed by atoms with Crippen LogP contribution in [0, 0.1) is 18.6 Å². The molecule has 8 heteroatoms. The fourth-order valence-corrected chi connectivity index (χ4v) is 2.51. The highest BCUT2D eigenvalue weighted by Crippen LogP contribution is 2.23. The standard InChI is InChI=1S/C19H13F2N3O3/c1-10-7-11(19(26)27)5-6-12(10)15-8-23-16(9-22-15)24-18(25)17-13(20)3-2-4-14(17)21/h2-9H,1H3,(H,26,27)(H,23,24,25). The van der Waals surface area contributed by atoms with Crippen molar-refractivity contribution in [2.75, 3.05) is 5.32 Å². The quantitative estimate of drug-likeness (QED) is 0.732. The molecule has 0 bridgehead atoms. The Morgan fingerprint density at radius 1 is 1.04 bits per heavy atom. The molecule has 2 N–H and O–H groups in total. The summed E-state index contributed by atoms with van der Waals surface area (Å²) >= 11 is 0. The van der Waals surface area contributed by atoms with Crippen molar-refractivity contribution < 1.29 is 23.5 Å². The number of nitrogens with one attached hydrogen (secondary N) is 1. The highest BCUT2D eigenvalue weighted by atomic mass is 19.1. The van der Waals surface area contributed by atoms with E-state index in [1.54, 1.807) is 13.0 Å². The SMILES string of the molecule is Cc1cc(C(=O)O)ccc1-c1cnc(NC(=O)c2c(F)cccc2F)cn1. The van der Waals surface area contributed by atoms with Gasteiger partial charge in [-0.3, -0.25) is 9.78 Å². The Labute approximate surface area is 152 Å². The molecule has 0 fully saturated rings. The summed E-state index contributed by atoms with van der Waals surface area (Å²) in [5, 5.41) is 11.3. The van der Waals surface area contributed by atoms with Crippen LogP contribution in [0.1, 0.15) is 26.3 Å². The summed E-state index contributed by atoms with van der Waals surface area (Å²) in [5.41, 5.74) is 1.27. The third-order valence-corrected chi connectivity index (χ3v) is 3.83. The molecule has 1 aromatic heterocycles. The molecular weight excluding hydrogens is 356 g/mol. The molecule has 0 saturated heterocycles. The number of hydrogen-bond acceptors (Lipinski definition) is 4. The maximum atomic E-state index is 13.6. The van der Waals surface area contributed by atoms with E-state index in [0.717, 1.165) is 18.2 Å². The maximum absolute atomic E-state index is 13.6. The van der Waals surface area contributed by atoms with Crippen molar-refractivity contribution in [2.24, 2.45) is 0 Å². The smallest absolute Gasteiger partial charge is 0.335 e. The molecule has 1 heterocycles. The van der Waals surface area contributed by atoms with E-state index in [1.807, 2.05) is 0 Å². The average Bonchev–Trinajstić information content (AvgIpc) is 2.62. The van der Waals surface area contributed by atoms with Crippen LogP contribution in [0.5, 0.6) is 0 Å². The summed E-state index contributed by atoms with van der Waals surface area (Å²) in [6, 6.07) is 7.69. The highest BCUT2D eigenvalue weighted by molar-refractivity contribution is 6.04. The Bertz CT molecular complexity index is 1020. The minimum Gasteiger partial charge on any atom is -0.478 e. The van der Waals surface area contributed by atoms with Crippen LogP contribution >= 0.6 is 0 Å². The predicted molar refractivity (Wildman–Crippen MR) is 93.5 cm³/mol. The van der Waals surface area contributed by atoms with Gasteiger partial charge in [0.05, 0.1) is 23.7 Å². The number of aromatic carboxylic acids is 1. The van der Waals surface area contributed by atoms with Gasteiger partial charge in [0.2, 0.25) is 0 Å². The minimum atomic E-state index is -1.03. The van der Waals surface area contributed by atoms with Gasteiger partial charge in [-0.25, -0.2) is 18.6 Å². The van der Waals surface area contributed by atoms with Crippen LogP contribution in [0.15, 0.2) is 48.8 Å². The monoisotopic (exact) mass is 369 g/mol. The van der Waals surface area contributed by atoms with E-state index in [0.29, 0.717) is 16.8 Å². The lowest BCUT2D eigenvalue weighted by Crippen LogP contribution is -2.16. The number of hydrogen-bond donors (Lipinski definition) is 2. The van der Waals surface area contributed by atoms with Gasteiger partial charge in [0.25, 0.3) is 5.91 Å². The summed E-state index contributed by atoms with van der Waals surface area (Å²) in [7, 11) is 0. The number of carboxylic acid groups (broad SMARTS) is 1. The zero-order valence-corrected chi connectivity index (χ0v) is 14.0. The molecule has 27 heavy (non-hydrogen) atoms. The number of aromatic nitrogens is 2. The van der Waals surface area contributed by atoms with Gasteiger partial charge in [0.15, 0.2) is 5.82 Å². The second-order valence-electron chi connectivity index (χ2n) is 5.67. The molecule has 0 saturated carbocycles. The Balaban J connectivity index is 1.82. The summed E-state index contributed by atoms with van der Waals surface area (Å²) < 4.78 is 27.3. The molecule has 0 radical (unpaired) electrons. The number of rotatable bonds is 4. The van der Waals surface area contributed by atoms with Crippen molar-refractivity contribution in [1.29, 1.82) is 0 Å². The molecule has 0 aliphatic carbocycles. The van der Waals surface area contributed by atoms with E-state index in [1.165, 1.54) is 24.5 Å².